The van der Waals surface area contributed by atoms with Crippen molar-refractivity contribution < 1.29 is 14.7 Å². The molecule has 0 spiro atoms. The number of hydrogen-bond donors (Lipinski definition) is 1. The summed E-state index contributed by atoms with van der Waals surface area (Å²) in [7, 11) is 1.56. The predicted octanol–water partition coefficient (Wildman–Crippen LogP) is 1.78. The maximum Gasteiger partial charge on any atom is 0.329 e. The van der Waals surface area contributed by atoms with Gasteiger partial charge >= 0.3 is 12.0 Å². The summed E-state index contributed by atoms with van der Waals surface area (Å²) in [4.78, 5) is 26.4. The van der Waals surface area contributed by atoms with E-state index < -0.39 is 11.5 Å². The number of hydrogen-bond acceptors (Lipinski definition) is 2. The van der Waals surface area contributed by atoms with E-state index in [2.05, 4.69) is 0 Å². The normalized spacial score (nSPS) is 17.5. The van der Waals surface area contributed by atoms with Crippen LogP contribution in [0.1, 0.15) is 39.5 Å². The molecule has 0 aromatic rings. The van der Waals surface area contributed by atoms with Gasteiger partial charge in [0, 0.05) is 20.1 Å². The number of aliphatic carboxylic acids is 1. The van der Waals surface area contributed by atoms with Gasteiger partial charge in [-0.15, -0.1) is 0 Å². The molecule has 1 aliphatic heterocycles. The van der Waals surface area contributed by atoms with Gasteiger partial charge in [-0.1, -0.05) is 12.8 Å². The molecule has 1 heterocycles. The number of carbonyl (C=O) groups excluding carboxylic acids is 1. The Balaban J connectivity index is 2.71. The van der Waals surface area contributed by atoms with Crippen LogP contribution in [0.2, 0.25) is 0 Å². The molecule has 0 aromatic carbocycles. The summed E-state index contributed by atoms with van der Waals surface area (Å²) < 4.78 is 0. The number of rotatable bonds is 2. The van der Waals surface area contributed by atoms with Gasteiger partial charge in [0.05, 0.1) is 0 Å². The lowest BCUT2D eigenvalue weighted by molar-refractivity contribution is -0.147. The topological polar surface area (TPSA) is 60.9 Å². The molecule has 0 aliphatic carbocycles. The molecule has 0 atom stereocenters. The smallest absolute Gasteiger partial charge is 0.329 e. The molecule has 5 nitrogen and oxygen atoms in total. The molecule has 2 amide bonds. The van der Waals surface area contributed by atoms with Crippen molar-refractivity contribution in [3.05, 3.63) is 0 Å². The Kier molecular flexibility index (Phi) is 4.37. The van der Waals surface area contributed by atoms with Crippen LogP contribution in [0.5, 0.6) is 0 Å². The van der Waals surface area contributed by atoms with Crippen molar-refractivity contribution in [3.63, 3.8) is 0 Å². The van der Waals surface area contributed by atoms with Crippen molar-refractivity contribution in [1.29, 1.82) is 0 Å². The Labute approximate surface area is 102 Å². The van der Waals surface area contributed by atoms with E-state index in [4.69, 9.17) is 5.11 Å². The standard InChI is InChI=1S/C12H22N2O3/c1-12(2,10(15)16)13(3)11(17)14-8-6-4-5-7-9-14/h4-9H2,1-3H3,(H,15,16). The summed E-state index contributed by atoms with van der Waals surface area (Å²) in [6.07, 6.45) is 4.31. The zero-order chi connectivity index (χ0) is 13.1. The van der Waals surface area contributed by atoms with Crippen LogP contribution >= 0.6 is 0 Å². The SMILES string of the molecule is CN(C(=O)N1CCCCCC1)C(C)(C)C(=O)O. The highest BCUT2D eigenvalue weighted by atomic mass is 16.4. The molecular weight excluding hydrogens is 220 g/mol. The summed E-state index contributed by atoms with van der Waals surface area (Å²) in [5, 5.41) is 9.10. The fourth-order valence-corrected chi connectivity index (χ4v) is 1.86. The van der Waals surface area contributed by atoms with E-state index in [1.54, 1.807) is 25.8 Å². The minimum atomic E-state index is -1.16. The molecule has 1 saturated heterocycles. The highest BCUT2D eigenvalue weighted by Gasteiger charge is 2.37. The number of likely N-dealkylation sites (tertiary alicyclic amines) is 1. The third-order valence-corrected chi connectivity index (χ3v) is 3.53. The first-order valence-electron chi connectivity index (χ1n) is 6.13. The molecule has 5 heteroatoms. The first-order chi connectivity index (χ1) is 7.87. The molecule has 1 aliphatic rings. The molecule has 0 bridgehead atoms. The number of amides is 2. The third-order valence-electron chi connectivity index (χ3n) is 3.53. The highest BCUT2D eigenvalue weighted by Crippen LogP contribution is 2.17. The van der Waals surface area contributed by atoms with E-state index in [9.17, 15) is 9.59 Å². The number of carboxylic acids is 1. The average Bonchev–Trinajstić information content (AvgIpc) is 2.55. The lowest BCUT2D eigenvalue weighted by Crippen LogP contribution is -2.55. The van der Waals surface area contributed by atoms with Gasteiger partial charge in [-0.05, 0) is 26.7 Å². The van der Waals surface area contributed by atoms with E-state index in [1.165, 1.54) is 4.90 Å². The number of carboxylic acid groups (broad SMARTS) is 1. The molecule has 0 aromatic heterocycles. The molecule has 0 radical (unpaired) electrons. The molecule has 0 saturated carbocycles. The maximum absolute atomic E-state index is 12.2. The summed E-state index contributed by atoms with van der Waals surface area (Å²) in [5.41, 5.74) is -1.16. The Bertz CT molecular complexity index is 294. The van der Waals surface area contributed by atoms with Gasteiger partial charge in [0.25, 0.3) is 0 Å². The van der Waals surface area contributed by atoms with Crippen molar-refractivity contribution >= 4 is 12.0 Å². The zero-order valence-electron chi connectivity index (χ0n) is 10.9. The quantitative estimate of drug-likeness (QED) is 0.803. The van der Waals surface area contributed by atoms with Gasteiger partial charge in [-0.3, -0.25) is 0 Å². The molecule has 1 fully saturated rings. The van der Waals surface area contributed by atoms with Gasteiger partial charge in [0.2, 0.25) is 0 Å². The van der Waals surface area contributed by atoms with Crippen molar-refractivity contribution in [2.45, 2.75) is 45.1 Å². The van der Waals surface area contributed by atoms with E-state index in [-0.39, 0.29) is 6.03 Å². The minimum absolute atomic E-state index is 0.181. The number of urea groups is 1. The third kappa shape index (κ3) is 3.11. The molecule has 1 rings (SSSR count). The number of nitrogens with zero attached hydrogens (tertiary/aromatic N) is 2. The lowest BCUT2D eigenvalue weighted by Gasteiger charge is -2.35. The second kappa shape index (κ2) is 5.38. The Morgan fingerprint density at radius 2 is 1.59 bits per heavy atom. The lowest BCUT2D eigenvalue weighted by atomic mass is 10.0. The monoisotopic (exact) mass is 242 g/mol. The van der Waals surface area contributed by atoms with E-state index in [0.717, 1.165) is 38.8 Å². The van der Waals surface area contributed by atoms with E-state index in [1.807, 2.05) is 0 Å². The molecule has 1 N–H and O–H groups in total. The van der Waals surface area contributed by atoms with Gasteiger partial charge in [0.1, 0.15) is 5.54 Å². The van der Waals surface area contributed by atoms with E-state index >= 15 is 0 Å². The summed E-state index contributed by atoms with van der Waals surface area (Å²) in [6.45, 7) is 4.56. The minimum Gasteiger partial charge on any atom is -0.480 e. The Hall–Kier alpha value is -1.26. The van der Waals surface area contributed by atoms with Crippen LogP contribution in [0.25, 0.3) is 0 Å². The van der Waals surface area contributed by atoms with Crippen molar-refractivity contribution in [3.8, 4) is 0 Å². The Morgan fingerprint density at radius 3 is 2.00 bits per heavy atom. The van der Waals surface area contributed by atoms with Crippen LogP contribution in [-0.4, -0.2) is 52.6 Å². The van der Waals surface area contributed by atoms with Gasteiger partial charge in [0.15, 0.2) is 0 Å². The second-order valence-corrected chi connectivity index (χ2v) is 5.11. The van der Waals surface area contributed by atoms with Gasteiger partial charge in [-0.25, -0.2) is 9.59 Å². The molecule has 0 unspecified atom stereocenters. The van der Waals surface area contributed by atoms with Crippen molar-refractivity contribution in [2.75, 3.05) is 20.1 Å². The van der Waals surface area contributed by atoms with Crippen LogP contribution in [0.15, 0.2) is 0 Å². The van der Waals surface area contributed by atoms with Crippen molar-refractivity contribution in [2.24, 2.45) is 0 Å². The van der Waals surface area contributed by atoms with Crippen LogP contribution in [0.4, 0.5) is 4.79 Å². The van der Waals surface area contributed by atoms with Crippen LogP contribution in [0, 0.1) is 0 Å². The molecule has 17 heavy (non-hydrogen) atoms. The second-order valence-electron chi connectivity index (χ2n) is 5.11. The zero-order valence-corrected chi connectivity index (χ0v) is 10.9. The van der Waals surface area contributed by atoms with Gasteiger partial charge < -0.3 is 14.9 Å². The van der Waals surface area contributed by atoms with Crippen molar-refractivity contribution in [1.82, 2.24) is 9.80 Å². The van der Waals surface area contributed by atoms with Gasteiger partial charge in [-0.2, -0.15) is 0 Å². The van der Waals surface area contributed by atoms with Crippen LogP contribution in [0.3, 0.4) is 0 Å². The van der Waals surface area contributed by atoms with E-state index in [0.29, 0.717) is 0 Å². The largest absolute Gasteiger partial charge is 0.480 e. The highest BCUT2D eigenvalue weighted by molar-refractivity contribution is 5.85. The molecule has 98 valence electrons. The first-order valence-corrected chi connectivity index (χ1v) is 6.13. The fourth-order valence-electron chi connectivity index (χ4n) is 1.86. The maximum atomic E-state index is 12.2. The molecular formula is C12H22N2O3. The average molecular weight is 242 g/mol. The summed E-state index contributed by atoms with van der Waals surface area (Å²) >= 11 is 0. The number of carbonyl (C=O) groups is 2. The Morgan fingerprint density at radius 1 is 1.12 bits per heavy atom. The number of likely N-dealkylation sites (N-methyl/N-ethyl adjacent to an activating group) is 1. The summed E-state index contributed by atoms with van der Waals surface area (Å²) in [6, 6.07) is -0.181. The van der Waals surface area contributed by atoms with Crippen LogP contribution < -0.4 is 0 Å². The fraction of sp³-hybridized carbons (Fsp3) is 0.833. The van der Waals surface area contributed by atoms with Crippen LogP contribution in [-0.2, 0) is 4.79 Å². The first kappa shape index (κ1) is 13.8. The summed E-state index contributed by atoms with van der Waals surface area (Å²) in [5.74, 6) is -0.983. The predicted molar refractivity (Wildman–Crippen MR) is 64.9 cm³/mol.